The Kier molecular flexibility index (Phi) is 3.24. The lowest BCUT2D eigenvalue weighted by molar-refractivity contribution is 0.00248. The summed E-state index contributed by atoms with van der Waals surface area (Å²) in [5, 5.41) is 12.0. The average molecular weight is 324 g/mol. The second kappa shape index (κ2) is 4.90. The molecule has 0 bridgehead atoms. The minimum Gasteiger partial charge on any atom is -0.399 e. The highest BCUT2D eigenvalue weighted by Crippen LogP contribution is 2.36. The van der Waals surface area contributed by atoms with Crippen LogP contribution in [-0.4, -0.2) is 33.4 Å². The number of nitrogens with two attached hydrogens (primary N) is 1. The summed E-state index contributed by atoms with van der Waals surface area (Å²) in [6.45, 7) is 0. The number of halogens is 1. The standard InChI is InChI=1S/C12H14BrN5O/c1-19-11-5-10(6-11)18-12(15-16-17-18)7-2-8(13)4-9(14)3-7/h2-4,10-11H,5-6,14H2,1H3. The largest absolute Gasteiger partial charge is 0.399 e. The quantitative estimate of drug-likeness (QED) is 0.874. The van der Waals surface area contributed by atoms with E-state index in [1.165, 1.54) is 0 Å². The highest BCUT2D eigenvalue weighted by Gasteiger charge is 2.33. The fourth-order valence-electron chi connectivity index (χ4n) is 2.30. The van der Waals surface area contributed by atoms with Crippen LogP contribution in [0.25, 0.3) is 11.4 Å². The molecule has 1 aromatic heterocycles. The summed E-state index contributed by atoms with van der Waals surface area (Å²) in [6, 6.07) is 5.99. The number of hydrogen-bond acceptors (Lipinski definition) is 5. The van der Waals surface area contributed by atoms with Crippen LogP contribution in [0.15, 0.2) is 22.7 Å². The Morgan fingerprint density at radius 3 is 2.84 bits per heavy atom. The number of ether oxygens (including phenoxy) is 1. The third kappa shape index (κ3) is 2.35. The molecule has 0 radical (unpaired) electrons. The van der Waals surface area contributed by atoms with E-state index in [1.807, 2.05) is 22.9 Å². The summed E-state index contributed by atoms with van der Waals surface area (Å²) in [5.74, 6) is 0.743. The lowest BCUT2D eigenvalue weighted by atomic mass is 9.89. The molecule has 1 heterocycles. The molecule has 0 aliphatic heterocycles. The van der Waals surface area contributed by atoms with Crippen LogP contribution < -0.4 is 5.73 Å². The highest BCUT2D eigenvalue weighted by molar-refractivity contribution is 9.10. The molecule has 3 rings (SSSR count). The summed E-state index contributed by atoms with van der Waals surface area (Å²) >= 11 is 3.43. The Balaban J connectivity index is 1.92. The summed E-state index contributed by atoms with van der Waals surface area (Å²) < 4.78 is 8.06. The van der Waals surface area contributed by atoms with Crippen molar-refractivity contribution >= 4 is 21.6 Å². The Labute approximate surface area is 119 Å². The maximum absolute atomic E-state index is 5.85. The van der Waals surface area contributed by atoms with E-state index in [1.54, 1.807) is 7.11 Å². The van der Waals surface area contributed by atoms with Gasteiger partial charge in [-0.25, -0.2) is 4.68 Å². The molecule has 1 aliphatic rings. The summed E-state index contributed by atoms with van der Waals surface area (Å²) in [6.07, 6.45) is 2.20. The van der Waals surface area contributed by atoms with Crippen molar-refractivity contribution in [2.45, 2.75) is 25.0 Å². The second-order valence-electron chi connectivity index (χ2n) is 4.70. The predicted octanol–water partition coefficient (Wildman–Crippen LogP) is 2.03. The average Bonchev–Trinajstić information content (AvgIpc) is 2.75. The number of tetrazole rings is 1. The van der Waals surface area contributed by atoms with E-state index in [0.29, 0.717) is 17.8 Å². The zero-order chi connectivity index (χ0) is 13.4. The molecule has 1 fully saturated rings. The molecule has 0 spiro atoms. The van der Waals surface area contributed by atoms with Crippen molar-refractivity contribution < 1.29 is 4.74 Å². The molecule has 1 saturated carbocycles. The predicted molar refractivity (Wildman–Crippen MR) is 74.4 cm³/mol. The molecule has 2 N–H and O–H groups in total. The SMILES string of the molecule is COC1CC(n2nnnc2-c2cc(N)cc(Br)c2)C1. The van der Waals surface area contributed by atoms with Gasteiger partial charge in [0.2, 0.25) is 0 Å². The Hall–Kier alpha value is -1.47. The number of nitrogens with zero attached hydrogens (tertiary/aromatic N) is 4. The van der Waals surface area contributed by atoms with Crippen molar-refractivity contribution in [2.24, 2.45) is 0 Å². The van der Waals surface area contributed by atoms with Crippen molar-refractivity contribution in [2.75, 3.05) is 12.8 Å². The number of benzene rings is 1. The summed E-state index contributed by atoms with van der Waals surface area (Å²) in [5.41, 5.74) is 7.45. The summed E-state index contributed by atoms with van der Waals surface area (Å²) in [4.78, 5) is 0. The molecule has 0 saturated heterocycles. The van der Waals surface area contributed by atoms with Crippen LogP contribution >= 0.6 is 15.9 Å². The van der Waals surface area contributed by atoms with Gasteiger partial charge in [-0.3, -0.25) is 0 Å². The molecule has 100 valence electrons. The van der Waals surface area contributed by atoms with Gasteiger partial charge in [-0.1, -0.05) is 15.9 Å². The first-order valence-corrected chi connectivity index (χ1v) is 6.84. The van der Waals surface area contributed by atoms with Crippen molar-refractivity contribution in [1.82, 2.24) is 20.2 Å². The van der Waals surface area contributed by atoms with Crippen molar-refractivity contribution in [3.8, 4) is 11.4 Å². The van der Waals surface area contributed by atoms with Crippen molar-refractivity contribution in [1.29, 1.82) is 0 Å². The number of anilines is 1. The molecular weight excluding hydrogens is 310 g/mol. The fourth-order valence-corrected chi connectivity index (χ4v) is 2.81. The number of hydrogen-bond donors (Lipinski definition) is 1. The van der Waals surface area contributed by atoms with Crippen LogP contribution in [0.4, 0.5) is 5.69 Å². The van der Waals surface area contributed by atoms with Gasteiger partial charge in [-0.2, -0.15) is 0 Å². The zero-order valence-electron chi connectivity index (χ0n) is 10.5. The lowest BCUT2D eigenvalue weighted by Crippen LogP contribution is -2.33. The molecule has 1 aromatic carbocycles. The highest BCUT2D eigenvalue weighted by atomic mass is 79.9. The number of rotatable bonds is 3. The van der Waals surface area contributed by atoms with Gasteiger partial charge in [0.25, 0.3) is 0 Å². The zero-order valence-corrected chi connectivity index (χ0v) is 12.0. The van der Waals surface area contributed by atoms with E-state index < -0.39 is 0 Å². The minimum atomic E-state index is 0.301. The van der Waals surface area contributed by atoms with Gasteiger partial charge in [0.05, 0.1) is 12.1 Å². The van der Waals surface area contributed by atoms with Crippen LogP contribution in [0.1, 0.15) is 18.9 Å². The smallest absolute Gasteiger partial charge is 0.182 e. The molecule has 6 nitrogen and oxygen atoms in total. The maximum Gasteiger partial charge on any atom is 0.182 e. The normalized spacial score (nSPS) is 22.2. The van der Waals surface area contributed by atoms with Gasteiger partial charge in [0.1, 0.15) is 0 Å². The minimum absolute atomic E-state index is 0.301. The van der Waals surface area contributed by atoms with Crippen molar-refractivity contribution in [3.05, 3.63) is 22.7 Å². The monoisotopic (exact) mass is 323 g/mol. The molecule has 0 atom stereocenters. The van der Waals surface area contributed by atoms with E-state index in [0.717, 1.165) is 28.7 Å². The van der Waals surface area contributed by atoms with Gasteiger partial charge in [-0.05, 0) is 41.5 Å². The van der Waals surface area contributed by atoms with Gasteiger partial charge >= 0.3 is 0 Å². The van der Waals surface area contributed by atoms with Gasteiger partial charge < -0.3 is 10.5 Å². The Morgan fingerprint density at radius 1 is 1.37 bits per heavy atom. The molecule has 19 heavy (non-hydrogen) atoms. The molecular formula is C12H14BrN5O. The van der Waals surface area contributed by atoms with E-state index in [9.17, 15) is 0 Å². The van der Waals surface area contributed by atoms with Crippen LogP contribution in [0.2, 0.25) is 0 Å². The summed E-state index contributed by atoms with van der Waals surface area (Å²) in [7, 11) is 1.73. The molecule has 0 unspecified atom stereocenters. The number of nitrogen functional groups attached to an aromatic ring is 1. The first-order valence-electron chi connectivity index (χ1n) is 6.04. The number of aromatic nitrogens is 4. The first-order chi connectivity index (χ1) is 9.17. The molecule has 1 aliphatic carbocycles. The Bertz CT molecular complexity index is 573. The first kappa shape index (κ1) is 12.6. The second-order valence-corrected chi connectivity index (χ2v) is 5.62. The third-order valence-electron chi connectivity index (χ3n) is 3.42. The van der Waals surface area contributed by atoms with Crippen molar-refractivity contribution in [3.63, 3.8) is 0 Å². The van der Waals surface area contributed by atoms with E-state index in [2.05, 4.69) is 31.5 Å². The topological polar surface area (TPSA) is 78.8 Å². The lowest BCUT2D eigenvalue weighted by Gasteiger charge is -2.34. The van der Waals surface area contributed by atoms with Gasteiger partial charge in [0.15, 0.2) is 5.82 Å². The van der Waals surface area contributed by atoms with Crippen LogP contribution in [0.5, 0.6) is 0 Å². The van der Waals surface area contributed by atoms with Gasteiger partial charge in [0, 0.05) is 22.8 Å². The van der Waals surface area contributed by atoms with Gasteiger partial charge in [-0.15, -0.1) is 5.10 Å². The number of methoxy groups -OCH3 is 1. The Morgan fingerprint density at radius 2 is 2.16 bits per heavy atom. The van der Waals surface area contributed by atoms with E-state index in [4.69, 9.17) is 10.5 Å². The third-order valence-corrected chi connectivity index (χ3v) is 3.88. The van der Waals surface area contributed by atoms with E-state index >= 15 is 0 Å². The molecule has 2 aromatic rings. The van der Waals surface area contributed by atoms with Crippen LogP contribution in [0, 0.1) is 0 Å². The molecule has 7 heteroatoms. The van der Waals surface area contributed by atoms with E-state index in [-0.39, 0.29) is 0 Å². The fraction of sp³-hybridized carbons (Fsp3) is 0.417. The maximum atomic E-state index is 5.85. The van der Waals surface area contributed by atoms with Crippen LogP contribution in [-0.2, 0) is 4.74 Å². The van der Waals surface area contributed by atoms with Crippen LogP contribution in [0.3, 0.4) is 0 Å². The molecule has 0 amide bonds.